The number of hydrogen-bond acceptors (Lipinski definition) is 4. The topological polar surface area (TPSA) is 59.4 Å². The Morgan fingerprint density at radius 2 is 2.18 bits per heavy atom. The number of carbonyl (C=O) groups excluding carboxylic acids is 1. The first-order valence-electron chi connectivity index (χ1n) is 7.17. The van der Waals surface area contributed by atoms with Crippen LogP contribution in [0, 0.1) is 0 Å². The van der Waals surface area contributed by atoms with Gasteiger partial charge in [0.2, 0.25) is 5.91 Å². The van der Waals surface area contributed by atoms with Crippen molar-refractivity contribution in [2.75, 3.05) is 32.6 Å². The number of aryl methyl sites for hydroxylation is 1. The number of anilines is 1. The highest BCUT2D eigenvalue weighted by atomic mass is 16.5. The third-order valence-electron chi connectivity index (χ3n) is 3.34. The Bertz CT molecular complexity index is 624. The highest BCUT2D eigenvalue weighted by molar-refractivity contribution is 5.93. The van der Waals surface area contributed by atoms with Crippen LogP contribution in [0.4, 0.5) is 5.69 Å². The van der Waals surface area contributed by atoms with Crippen LogP contribution in [0.25, 0.3) is 0 Å². The first-order chi connectivity index (χ1) is 10.6. The number of amides is 1. The summed E-state index contributed by atoms with van der Waals surface area (Å²) in [6.45, 7) is 1.13. The third-order valence-corrected chi connectivity index (χ3v) is 3.34. The molecule has 0 fully saturated rings. The van der Waals surface area contributed by atoms with Gasteiger partial charge in [-0.25, -0.2) is 0 Å². The maximum Gasteiger partial charge on any atom is 0.238 e. The van der Waals surface area contributed by atoms with E-state index in [2.05, 4.69) is 10.4 Å². The van der Waals surface area contributed by atoms with Crippen molar-refractivity contribution in [3.05, 3.63) is 42.2 Å². The second-order valence-electron chi connectivity index (χ2n) is 5.26. The van der Waals surface area contributed by atoms with E-state index in [-0.39, 0.29) is 5.91 Å². The number of rotatable bonds is 7. The molecule has 22 heavy (non-hydrogen) atoms. The maximum atomic E-state index is 12.1. The summed E-state index contributed by atoms with van der Waals surface area (Å²) in [5.74, 6) is 0.604. The molecular formula is C16H22N4O2. The van der Waals surface area contributed by atoms with Crippen molar-refractivity contribution in [2.45, 2.75) is 6.42 Å². The summed E-state index contributed by atoms with van der Waals surface area (Å²) in [5.41, 5.74) is 1.86. The zero-order valence-corrected chi connectivity index (χ0v) is 13.2. The molecule has 0 radical (unpaired) electrons. The monoisotopic (exact) mass is 302 g/mol. The van der Waals surface area contributed by atoms with Crippen molar-refractivity contribution < 1.29 is 9.53 Å². The Labute approximate surface area is 130 Å². The number of nitrogens with one attached hydrogen (secondary N) is 1. The minimum absolute atomic E-state index is 0.0572. The summed E-state index contributed by atoms with van der Waals surface area (Å²) in [5, 5.41) is 7.01. The quantitative estimate of drug-likeness (QED) is 0.843. The molecule has 0 atom stereocenters. The number of benzene rings is 1. The number of likely N-dealkylation sites (N-methyl/N-ethyl adjacent to an activating group) is 1. The van der Waals surface area contributed by atoms with Gasteiger partial charge < -0.3 is 10.1 Å². The number of carbonyl (C=O) groups is 1. The summed E-state index contributed by atoms with van der Waals surface area (Å²) >= 11 is 0. The molecule has 1 amide bonds. The molecule has 1 aromatic heterocycles. The molecule has 1 aromatic carbocycles. The largest absolute Gasteiger partial charge is 0.495 e. The van der Waals surface area contributed by atoms with E-state index < -0.39 is 0 Å². The van der Waals surface area contributed by atoms with Crippen molar-refractivity contribution in [3.63, 3.8) is 0 Å². The normalized spacial score (nSPS) is 10.7. The predicted molar refractivity (Wildman–Crippen MR) is 86.0 cm³/mol. The lowest BCUT2D eigenvalue weighted by Crippen LogP contribution is -2.31. The van der Waals surface area contributed by atoms with Gasteiger partial charge in [0.15, 0.2) is 0 Å². The summed E-state index contributed by atoms with van der Waals surface area (Å²) in [7, 11) is 5.41. The van der Waals surface area contributed by atoms with Gasteiger partial charge in [-0.15, -0.1) is 0 Å². The number of para-hydroxylation sites is 2. The molecule has 2 aromatic rings. The van der Waals surface area contributed by atoms with Crippen molar-refractivity contribution in [1.29, 1.82) is 0 Å². The molecule has 0 aliphatic carbocycles. The molecule has 0 aliphatic rings. The smallest absolute Gasteiger partial charge is 0.238 e. The van der Waals surface area contributed by atoms with Gasteiger partial charge in [0, 0.05) is 19.8 Å². The van der Waals surface area contributed by atoms with Crippen LogP contribution in [0.5, 0.6) is 5.75 Å². The highest BCUT2D eigenvalue weighted by Crippen LogP contribution is 2.22. The Morgan fingerprint density at radius 3 is 2.86 bits per heavy atom. The fourth-order valence-electron chi connectivity index (χ4n) is 2.18. The van der Waals surface area contributed by atoms with Gasteiger partial charge in [0.25, 0.3) is 0 Å². The van der Waals surface area contributed by atoms with Crippen LogP contribution < -0.4 is 10.1 Å². The molecule has 0 unspecified atom stereocenters. The fraction of sp³-hybridized carbons (Fsp3) is 0.375. The third kappa shape index (κ3) is 4.60. The molecule has 1 N–H and O–H groups in total. The van der Waals surface area contributed by atoms with Crippen molar-refractivity contribution >= 4 is 11.6 Å². The van der Waals surface area contributed by atoms with E-state index in [9.17, 15) is 4.79 Å². The van der Waals surface area contributed by atoms with Crippen LogP contribution in [-0.2, 0) is 18.3 Å². The van der Waals surface area contributed by atoms with Crippen LogP contribution in [0.2, 0.25) is 0 Å². The first-order valence-corrected chi connectivity index (χ1v) is 7.17. The SMILES string of the molecule is COc1ccccc1NC(=O)CN(C)CCc1cnn(C)c1. The van der Waals surface area contributed by atoms with Gasteiger partial charge in [-0.1, -0.05) is 12.1 Å². The Hall–Kier alpha value is -2.34. The van der Waals surface area contributed by atoms with Gasteiger partial charge in [0.05, 0.1) is 25.5 Å². The Morgan fingerprint density at radius 1 is 1.41 bits per heavy atom. The maximum absolute atomic E-state index is 12.1. The molecule has 6 nitrogen and oxygen atoms in total. The van der Waals surface area contributed by atoms with Crippen LogP contribution in [-0.4, -0.2) is 47.8 Å². The van der Waals surface area contributed by atoms with E-state index in [1.165, 1.54) is 5.56 Å². The molecule has 0 bridgehead atoms. The van der Waals surface area contributed by atoms with E-state index in [0.717, 1.165) is 13.0 Å². The molecule has 0 aliphatic heterocycles. The van der Waals surface area contributed by atoms with E-state index in [0.29, 0.717) is 18.0 Å². The van der Waals surface area contributed by atoms with Gasteiger partial charge in [-0.3, -0.25) is 14.4 Å². The van der Waals surface area contributed by atoms with E-state index >= 15 is 0 Å². The first kappa shape index (κ1) is 16.0. The zero-order chi connectivity index (χ0) is 15.9. The molecule has 0 saturated carbocycles. The van der Waals surface area contributed by atoms with Gasteiger partial charge in [-0.2, -0.15) is 5.10 Å². The zero-order valence-electron chi connectivity index (χ0n) is 13.2. The van der Waals surface area contributed by atoms with Crippen LogP contribution in [0.15, 0.2) is 36.7 Å². The Balaban J connectivity index is 1.81. The lowest BCUT2D eigenvalue weighted by Gasteiger charge is -2.16. The predicted octanol–water partition coefficient (Wildman–Crippen LogP) is 1.54. The summed E-state index contributed by atoms with van der Waals surface area (Å²) < 4.78 is 7.00. The molecule has 0 saturated heterocycles. The highest BCUT2D eigenvalue weighted by Gasteiger charge is 2.10. The van der Waals surface area contributed by atoms with Crippen LogP contribution in [0.1, 0.15) is 5.56 Å². The van der Waals surface area contributed by atoms with E-state index in [1.54, 1.807) is 11.8 Å². The van der Waals surface area contributed by atoms with Gasteiger partial charge in [0.1, 0.15) is 5.75 Å². The van der Waals surface area contributed by atoms with Crippen molar-refractivity contribution in [2.24, 2.45) is 7.05 Å². The minimum Gasteiger partial charge on any atom is -0.495 e. The van der Waals surface area contributed by atoms with E-state index in [1.807, 2.05) is 55.7 Å². The van der Waals surface area contributed by atoms with Gasteiger partial charge in [-0.05, 0) is 31.2 Å². The molecule has 2 rings (SSSR count). The number of nitrogens with zero attached hydrogens (tertiary/aromatic N) is 3. The summed E-state index contributed by atoms with van der Waals surface area (Å²) in [6, 6.07) is 7.38. The molecule has 0 spiro atoms. The number of hydrogen-bond donors (Lipinski definition) is 1. The van der Waals surface area contributed by atoms with Crippen molar-refractivity contribution in [1.82, 2.24) is 14.7 Å². The number of methoxy groups -OCH3 is 1. The number of ether oxygens (including phenoxy) is 1. The molecular weight excluding hydrogens is 280 g/mol. The molecule has 1 heterocycles. The summed E-state index contributed by atoms with van der Waals surface area (Å²) in [6.07, 6.45) is 4.71. The average molecular weight is 302 g/mol. The second-order valence-corrected chi connectivity index (χ2v) is 5.26. The van der Waals surface area contributed by atoms with Crippen molar-refractivity contribution in [3.8, 4) is 5.75 Å². The fourth-order valence-corrected chi connectivity index (χ4v) is 2.18. The molecule has 118 valence electrons. The lowest BCUT2D eigenvalue weighted by molar-refractivity contribution is -0.117. The summed E-state index contributed by atoms with van der Waals surface area (Å²) in [4.78, 5) is 14.1. The van der Waals surface area contributed by atoms with Gasteiger partial charge >= 0.3 is 0 Å². The lowest BCUT2D eigenvalue weighted by atomic mass is 10.2. The molecule has 6 heteroatoms. The van der Waals surface area contributed by atoms with E-state index in [4.69, 9.17) is 4.74 Å². The number of aromatic nitrogens is 2. The van der Waals surface area contributed by atoms with Crippen LogP contribution >= 0.6 is 0 Å². The van der Waals surface area contributed by atoms with Crippen LogP contribution in [0.3, 0.4) is 0 Å². The Kier molecular flexibility index (Phi) is 5.55. The minimum atomic E-state index is -0.0572. The second kappa shape index (κ2) is 7.61. The average Bonchev–Trinajstić information content (AvgIpc) is 2.91. The standard InChI is InChI=1S/C16H22N4O2/c1-19(9-8-13-10-17-20(2)11-13)12-16(21)18-14-6-4-5-7-15(14)22-3/h4-7,10-11H,8-9,12H2,1-3H3,(H,18,21).